The van der Waals surface area contributed by atoms with E-state index in [-0.39, 0.29) is 18.3 Å². The molecule has 4 rings (SSSR count). The van der Waals surface area contributed by atoms with Crippen molar-refractivity contribution in [2.75, 3.05) is 11.9 Å². The maximum atomic E-state index is 12.5. The number of rotatable bonds is 4. The molecule has 2 aromatic heterocycles. The number of anilines is 1. The lowest BCUT2D eigenvalue weighted by molar-refractivity contribution is 0.0492. The molecule has 4 aromatic rings. The highest BCUT2D eigenvalue weighted by Gasteiger charge is 2.15. The summed E-state index contributed by atoms with van der Waals surface area (Å²) in [5, 5.41) is 4.66. The minimum atomic E-state index is -0.500. The number of amides is 1. The molecule has 5 nitrogen and oxygen atoms in total. The van der Waals surface area contributed by atoms with Crippen molar-refractivity contribution in [3.63, 3.8) is 0 Å². The molecule has 0 unspecified atom stereocenters. The minimum Gasteiger partial charge on any atom is -0.460 e. The van der Waals surface area contributed by atoms with Gasteiger partial charge in [0.2, 0.25) is 5.76 Å². The Hall–Kier alpha value is -3.12. The minimum absolute atomic E-state index is 0.148. The van der Waals surface area contributed by atoms with Crippen molar-refractivity contribution in [3.8, 4) is 0 Å². The summed E-state index contributed by atoms with van der Waals surface area (Å²) in [7, 11) is 0. The van der Waals surface area contributed by atoms with Gasteiger partial charge in [0, 0.05) is 15.8 Å². The Balaban J connectivity index is 1.58. The highest BCUT2D eigenvalue weighted by molar-refractivity contribution is 7.20. The van der Waals surface area contributed by atoms with E-state index in [0.29, 0.717) is 16.1 Å². The summed E-state index contributed by atoms with van der Waals surface area (Å²) in [6.45, 7) is 2.02. The number of carbonyl (C=O) groups is 2. The quantitative estimate of drug-likeness (QED) is 0.512. The Labute approximate surface area is 153 Å². The predicted molar refractivity (Wildman–Crippen MR) is 102 cm³/mol. The molecule has 0 saturated carbocycles. The summed E-state index contributed by atoms with van der Waals surface area (Å²) < 4.78 is 11.5. The molecular weight excluding hydrogens is 350 g/mol. The zero-order chi connectivity index (χ0) is 18.1. The molecule has 0 saturated heterocycles. The van der Waals surface area contributed by atoms with Crippen LogP contribution in [0.5, 0.6) is 0 Å². The lowest BCUT2D eigenvalue weighted by Gasteiger charge is -2.03. The normalized spacial score (nSPS) is 11.0. The molecular formula is C20H15NO4S. The molecule has 0 spiro atoms. The second-order valence-electron chi connectivity index (χ2n) is 5.69. The fourth-order valence-electron chi connectivity index (χ4n) is 2.71. The average molecular weight is 365 g/mol. The second-order valence-corrected chi connectivity index (χ2v) is 6.77. The van der Waals surface area contributed by atoms with Crippen molar-refractivity contribution in [2.24, 2.45) is 0 Å². The van der Waals surface area contributed by atoms with E-state index in [9.17, 15) is 9.59 Å². The van der Waals surface area contributed by atoms with Gasteiger partial charge in [0.15, 0.2) is 0 Å². The van der Waals surface area contributed by atoms with Gasteiger partial charge in [-0.25, -0.2) is 4.79 Å². The van der Waals surface area contributed by atoms with E-state index in [1.165, 1.54) is 11.3 Å². The molecule has 2 heterocycles. The number of furan rings is 1. The Morgan fingerprint density at radius 3 is 2.73 bits per heavy atom. The van der Waals surface area contributed by atoms with Crippen LogP contribution in [0.3, 0.4) is 0 Å². The highest BCUT2D eigenvalue weighted by atomic mass is 32.1. The number of esters is 1. The Morgan fingerprint density at radius 1 is 1.08 bits per heavy atom. The molecule has 6 heteroatoms. The van der Waals surface area contributed by atoms with E-state index in [2.05, 4.69) is 5.32 Å². The Bertz CT molecular complexity index is 1090. The number of hydrogen-bond acceptors (Lipinski definition) is 5. The molecule has 0 aliphatic carbocycles. The van der Waals surface area contributed by atoms with Crippen LogP contribution < -0.4 is 5.32 Å². The molecule has 0 atom stereocenters. The fourth-order valence-corrected chi connectivity index (χ4v) is 3.67. The lowest BCUT2D eigenvalue weighted by atomic mass is 10.2. The average Bonchev–Trinajstić information content (AvgIpc) is 3.25. The van der Waals surface area contributed by atoms with E-state index in [0.717, 1.165) is 15.5 Å². The van der Waals surface area contributed by atoms with E-state index >= 15 is 0 Å². The summed E-state index contributed by atoms with van der Waals surface area (Å²) in [5.74, 6) is -0.519. The molecule has 0 aliphatic rings. The summed E-state index contributed by atoms with van der Waals surface area (Å²) in [4.78, 5) is 24.9. The first-order chi connectivity index (χ1) is 12.6. The summed E-state index contributed by atoms with van der Waals surface area (Å²) in [6, 6.07) is 16.6. The number of hydrogen-bond donors (Lipinski definition) is 1. The number of thiophene rings is 1. The van der Waals surface area contributed by atoms with Crippen LogP contribution >= 0.6 is 11.3 Å². The molecule has 0 radical (unpaired) electrons. The van der Waals surface area contributed by atoms with Crippen LogP contribution in [-0.4, -0.2) is 18.5 Å². The van der Waals surface area contributed by atoms with Gasteiger partial charge in [-0.1, -0.05) is 18.2 Å². The Kier molecular flexibility index (Phi) is 4.18. The molecule has 0 bridgehead atoms. The number of carbonyl (C=O) groups excluding carboxylic acids is 2. The largest absolute Gasteiger partial charge is 0.460 e. The number of benzene rings is 2. The van der Waals surface area contributed by atoms with Gasteiger partial charge in [0.25, 0.3) is 5.91 Å². The SMILES string of the molecule is CCOC(=O)c1cc2cc(NC(=O)c3cc4ccccc4s3)ccc2o1. The maximum absolute atomic E-state index is 12.5. The van der Waals surface area contributed by atoms with Gasteiger partial charge in [-0.05, 0) is 48.7 Å². The van der Waals surface area contributed by atoms with Gasteiger partial charge in [0.05, 0.1) is 11.5 Å². The van der Waals surface area contributed by atoms with Crippen LogP contribution in [0.4, 0.5) is 5.69 Å². The molecule has 0 fully saturated rings. The zero-order valence-electron chi connectivity index (χ0n) is 13.9. The first kappa shape index (κ1) is 16.4. The summed E-state index contributed by atoms with van der Waals surface area (Å²) >= 11 is 1.45. The van der Waals surface area contributed by atoms with Crippen molar-refractivity contribution >= 4 is 50.0 Å². The van der Waals surface area contributed by atoms with Crippen molar-refractivity contribution in [1.82, 2.24) is 0 Å². The van der Waals surface area contributed by atoms with Gasteiger partial charge in [-0.15, -0.1) is 11.3 Å². The van der Waals surface area contributed by atoms with Crippen LogP contribution in [0.15, 0.2) is 59.0 Å². The van der Waals surface area contributed by atoms with Gasteiger partial charge in [-0.3, -0.25) is 4.79 Å². The van der Waals surface area contributed by atoms with Crippen LogP contribution in [0.2, 0.25) is 0 Å². The van der Waals surface area contributed by atoms with Gasteiger partial charge >= 0.3 is 5.97 Å². The fraction of sp³-hybridized carbons (Fsp3) is 0.100. The van der Waals surface area contributed by atoms with Crippen LogP contribution in [0.25, 0.3) is 21.1 Å². The van der Waals surface area contributed by atoms with E-state index in [1.807, 2.05) is 30.3 Å². The monoisotopic (exact) mass is 365 g/mol. The maximum Gasteiger partial charge on any atom is 0.374 e. The second kappa shape index (κ2) is 6.65. The van der Waals surface area contributed by atoms with Gasteiger partial charge in [0.1, 0.15) is 5.58 Å². The third-order valence-electron chi connectivity index (χ3n) is 3.90. The molecule has 1 N–H and O–H groups in total. The smallest absolute Gasteiger partial charge is 0.374 e. The highest BCUT2D eigenvalue weighted by Crippen LogP contribution is 2.27. The van der Waals surface area contributed by atoms with E-state index in [1.54, 1.807) is 31.2 Å². The van der Waals surface area contributed by atoms with Crippen LogP contribution in [0, 0.1) is 0 Å². The first-order valence-corrected chi connectivity index (χ1v) is 8.96. The standard InChI is InChI=1S/C20H15NO4S/c1-2-24-20(23)16-10-13-9-14(7-8-15(13)25-16)21-19(22)18-11-12-5-3-4-6-17(12)26-18/h3-11H,2H2,1H3,(H,21,22). The van der Waals surface area contributed by atoms with E-state index < -0.39 is 5.97 Å². The third-order valence-corrected chi connectivity index (χ3v) is 5.01. The van der Waals surface area contributed by atoms with Crippen LogP contribution in [-0.2, 0) is 4.74 Å². The van der Waals surface area contributed by atoms with Crippen molar-refractivity contribution in [3.05, 3.63) is 65.2 Å². The predicted octanol–water partition coefficient (Wildman–Crippen LogP) is 5.08. The van der Waals surface area contributed by atoms with Crippen molar-refractivity contribution in [2.45, 2.75) is 6.92 Å². The van der Waals surface area contributed by atoms with Gasteiger partial charge in [-0.2, -0.15) is 0 Å². The zero-order valence-corrected chi connectivity index (χ0v) is 14.8. The first-order valence-electron chi connectivity index (χ1n) is 8.14. The molecule has 2 aromatic carbocycles. The van der Waals surface area contributed by atoms with Crippen LogP contribution in [0.1, 0.15) is 27.2 Å². The summed E-state index contributed by atoms with van der Waals surface area (Å²) in [5.41, 5.74) is 1.20. The van der Waals surface area contributed by atoms with Crippen molar-refractivity contribution in [1.29, 1.82) is 0 Å². The lowest BCUT2D eigenvalue weighted by Crippen LogP contribution is -2.09. The molecule has 130 valence electrons. The number of nitrogens with one attached hydrogen (secondary N) is 1. The van der Waals surface area contributed by atoms with Gasteiger partial charge < -0.3 is 14.5 Å². The topological polar surface area (TPSA) is 68.5 Å². The number of fused-ring (bicyclic) bond motifs is 2. The third kappa shape index (κ3) is 3.07. The molecule has 0 aliphatic heterocycles. The van der Waals surface area contributed by atoms with Crippen molar-refractivity contribution < 1.29 is 18.7 Å². The summed E-state index contributed by atoms with van der Waals surface area (Å²) in [6.07, 6.45) is 0. The molecule has 1 amide bonds. The molecule has 26 heavy (non-hydrogen) atoms. The van der Waals surface area contributed by atoms with E-state index in [4.69, 9.17) is 9.15 Å². The Morgan fingerprint density at radius 2 is 1.92 bits per heavy atom. The number of ether oxygens (including phenoxy) is 1.